The van der Waals surface area contributed by atoms with E-state index < -0.39 is 20.9 Å². The van der Waals surface area contributed by atoms with E-state index in [9.17, 15) is 12.8 Å². The van der Waals surface area contributed by atoms with Crippen LogP contribution in [0.1, 0.15) is 19.4 Å². The molecule has 17 heavy (non-hydrogen) atoms. The molecule has 0 aliphatic heterocycles. The van der Waals surface area contributed by atoms with Gasteiger partial charge < -0.3 is 5.21 Å². The standard InChI is InChI=1S/C11H14FNO3S/c1-3-17(15,16)8(2)11(13-14)9-6-4-5-7-10(9)12/h4-8,14H,3H2,1-2H3/b13-11+/t8-/m1/s1. The van der Waals surface area contributed by atoms with Gasteiger partial charge in [-0.05, 0) is 13.0 Å². The van der Waals surface area contributed by atoms with Crippen LogP contribution < -0.4 is 0 Å². The van der Waals surface area contributed by atoms with Gasteiger partial charge in [0.15, 0.2) is 9.84 Å². The van der Waals surface area contributed by atoms with Gasteiger partial charge in [0.05, 0.1) is 0 Å². The topological polar surface area (TPSA) is 66.7 Å². The van der Waals surface area contributed by atoms with Crippen molar-refractivity contribution in [1.82, 2.24) is 0 Å². The van der Waals surface area contributed by atoms with Gasteiger partial charge in [0.2, 0.25) is 0 Å². The summed E-state index contributed by atoms with van der Waals surface area (Å²) in [6, 6.07) is 5.60. The summed E-state index contributed by atoms with van der Waals surface area (Å²) in [4.78, 5) is 0. The van der Waals surface area contributed by atoms with Crippen LogP contribution in [0.3, 0.4) is 0 Å². The molecule has 0 amide bonds. The quantitative estimate of drug-likeness (QED) is 0.509. The summed E-state index contributed by atoms with van der Waals surface area (Å²) in [5, 5.41) is 10.8. The molecule has 1 aromatic rings. The first-order valence-corrected chi connectivity index (χ1v) is 6.84. The van der Waals surface area contributed by atoms with Gasteiger partial charge in [-0.2, -0.15) is 0 Å². The summed E-state index contributed by atoms with van der Waals surface area (Å²) in [5.41, 5.74) is -0.176. The number of benzene rings is 1. The molecule has 1 aromatic carbocycles. The normalized spacial score (nSPS) is 14.6. The molecule has 1 atom stereocenters. The van der Waals surface area contributed by atoms with Crippen molar-refractivity contribution in [3.05, 3.63) is 35.6 Å². The lowest BCUT2D eigenvalue weighted by molar-refractivity contribution is 0.318. The van der Waals surface area contributed by atoms with E-state index in [0.29, 0.717) is 0 Å². The van der Waals surface area contributed by atoms with Gasteiger partial charge in [0.25, 0.3) is 0 Å². The Morgan fingerprint density at radius 3 is 2.53 bits per heavy atom. The van der Waals surface area contributed by atoms with E-state index >= 15 is 0 Å². The van der Waals surface area contributed by atoms with E-state index in [2.05, 4.69) is 5.16 Å². The second kappa shape index (κ2) is 5.27. The molecule has 0 bridgehead atoms. The van der Waals surface area contributed by atoms with Gasteiger partial charge in [-0.3, -0.25) is 0 Å². The van der Waals surface area contributed by atoms with Crippen molar-refractivity contribution in [2.45, 2.75) is 19.1 Å². The third-order valence-electron chi connectivity index (χ3n) is 2.58. The second-order valence-corrected chi connectivity index (χ2v) is 6.17. The lowest BCUT2D eigenvalue weighted by Gasteiger charge is -2.13. The minimum Gasteiger partial charge on any atom is -0.411 e. The predicted molar refractivity (Wildman–Crippen MR) is 63.6 cm³/mol. The van der Waals surface area contributed by atoms with E-state index in [1.165, 1.54) is 32.0 Å². The van der Waals surface area contributed by atoms with Crippen LogP contribution in [-0.2, 0) is 9.84 Å². The molecule has 94 valence electrons. The van der Waals surface area contributed by atoms with E-state index in [0.717, 1.165) is 0 Å². The Balaban J connectivity index is 3.24. The third-order valence-corrected chi connectivity index (χ3v) is 4.69. The van der Waals surface area contributed by atoms with Crippen molar-refractivity contribution in [2.75, 3.05) is 5.75 Å². The summed E-state index contributed by atoms with van der Waals surface area (Å²) < 4.78 is 36.8. The van der Waals surface area contributed by atoms with Crippen LogP contribution in [0.2, 0.25) is 0 Å². The maximum Gasteiger partial charge on any atom is 0.158 e. The van der Waals surface area contributed by atoms with E-state index in [1.54, 1.807) is 6.07 Å². The minimum atomic E-state index is -3.43. The van der Waals surface area contributed by atoms with Crippen LogP contribution in [0.15, 0.2) is 29.4 Å². The molecule has 0 saturated heterocycles. The molecule has 0 aliphatic carbocycles. The summed E-state index contributed by atoms with van der Waals surface area (Å²) in [5.74, 6) is -0.708. The van der Waals surface area contributed by atoms with Crippen molar-refractivity contribution in [1.29, 1.82) is 0 Å². The lowest BCUT2D eigenvalue weighted by atomic mass is 10.1. The van der Waals surface area contributed by atoms with Crippen molar-refractivity contribution >= 4 is 15.5 Å². The van der Waals surface area contributed by atoms with Crippen LogP contribution in [0.5, 0.6) is 0 Å². The first-order valence-electron chi connectivity index (χ1n) is 5.12. The number of rotatable bonds is 4. The van der Waals surface area contributed by atoms with Gasteiger partial charge >= 0.3 is 0 Å². The average Bonchev–Trinajstić information content (AvgIpc) is 2.32. The molecule has 4 nitrogen and oxygen atoms in total. The van der Waals surface area contributed by atoms with Crippen molar-refractivity contribution in [3.8, 4) is 0 Å². The fourth-order valence-electron chi connectivity index (χ4n) is 1.44. The first kappa shape index (κ1) is 13.6. The van der Waals surface area contributed by atoms with E-state index in [4.69, 9.17) is 5.21 Å². The van der Waals surface area contributed by atoms with Gasteiger partial charge in [0, 0.05) is 11.3 Å². The lowest BCUT2D eigenvalue weighted by Crippen LogP contribution is -2.30. The Labute approximate surface area is 99.7 Å². The molecule has 0 aliphatic rings. The highest BCUT2D eigenvalue weighted by molar-refractivity contribution is 7.92. The second-order valence-electron chi connectivity index (χ2n) is 3.56. The third kappa shape index (κ3) is 2.82. The van der Waals surface area contributed by atoms with Crippen LogP contribution in [-0.4, -0.2) is 30.3 Å². The molecule has 0 aromatic heterocycles. The van der Waals surface area contributed by atoms with E-state index in [1.807, 2.05) is 0 Å². The summed E-state index contributed by atoms with van der Waals surface area (Å²) in [6.07, 6.45) is 0. The Hall–Kier alpha value is -1.43. The fraction of sp³-hybridized carbons (Fsp3) is 0.364. The number of oxime groups is 1. The fourth-order valence-corrected chi connectivity index (χ4v) is 2.46. The van der Waals surface area contributed by atoms with Gasteiger partial charge in [0.1, 0.15) is 16.8 Å². The molecule has 0 unspecified atom stereocenters. The summed E-state index contributed by atoms with van der Waals surface area (Å²) in [7, 11) is -3.43. The Morgan fingerprint density at radius 1 is 1.47 bits per heavy atom. The van der Waals surface area contributed by atoms with Crippen LogP contribution in [0.4, 0.5) is 4.39 Å². The molecule has 0 spiro atoms. The van der Waals surface area contributed by atoms with Crippen LogP contribution in [0, 0.1) is 5.82 Å². The zero-order valence-electron chi connectivity index (χ0n) is 9.59. The van der Waals surface area contributed by atoms with Crippen molar-refractivity contribution < 1.29 is 18.0 Å². The van der Waals surface area contributed by atoms with Crippen molar-refractivity contribution in [3.63, 3.8) is 0 Å². The highest BCUT2D eigenvalue weighted by atomic mass is 32.2. The molecule has 1 rings (SSSR count). The summed E-state index contributed by atoms with van der Waals surface area (Å²) >= 11 is 0. The maximum absolute atomic E-state index is 13.5. The number of hydrogen-bond acceptors (Lipinski definition) is 4. The Bertz CT molecular complexity index is 525. The zero-order chi connectivity index (χ0) is 13.1. The molecular formula is C11H14FNO3S. The van der Waals surface area contributed by atoms with E-state index in [-0.39, 0.29) is 17.0 Å². The maximum atomic E-state index is 13.5. The SMILES string of the molecule is CCS(=O)(=O)[C@H](C)/C(=N\O)c1ccccc1F. The highest BCUT2D eigenvalue weighted by Crippen LogP contribution is 2.15. The number of hydrogen-bond donors (Lipinski definition) is 1. The predicted octanol–water partition coefficient (Wildman–Crippen LogP) is 1.83. The Morgan fingerprint density at radius 2 is 2.06 bits per heavy atom. The first-order chi connectivity index (χ1) is 7.94. The largest absolute Gasteiger partial charge is 0.411 e. The van der Waals surface area contributed by atoms with Gasteiger partial charge in [-0.1, -0.05) is 30.3 Å². The smallest absolute Gasteiger partial charge is 0.158 e. The molecule has 6 heteroatoms. The minimum absolute atomic E-state index is 0.000440. The Kier molecular flexibility index (Phi) is 4.22. The molecular weight excluding hydrogens is 245 g/mol. The zero-order valence-corrected chi connectivity index (χ0v) is 10.4. The molecule has 0 radical (unpaired) electrons. The molecule has 0 fully saturated rings. The molecule has 1 N–H and O–H groups in total. The molecule has 0 saturated carbocycles. The van der Waals surface area contributed by atoms with Crippen LogP contribution >= 0.6 is 0 Å². The molecule has 0 heterocycles. The average molecular weight is 259 g/mol. The number of sulfone groups is 1. The van der Waals surface area contributed by atoms with Crippen LogP contribution in [0.25, 0.3) is 0 Å². The van der Waals surface area contributed by atoms with Gasteiger partial charge in [-0.15, -0.1) is 0 Å². The highest BCUT2D eigenvalue weighted by Gasteiger charge is 2.27. The number of nitrogens with zero attached hydrogens (tertiary/aromatic N) is 1. The summed E-state index contributed by atoms with van der Waals surface area (Å²) in [6.45, 7) is 2.86. The number of halogens is 1. The van der Waals surface area contributed by atoms with Crippen molar-refractivity contribution in [2.24, 2.45) is 5.16 Å². The van der Waals surface area contributed by atoms with Gasteiger partial charge in [-0.25, -0.2) is 12.8 Å². The monoisotopic (exact) mass is 259 g/mol.